The lowest BCUT2D eigenvalue weighted by Gasteiger charge is -2.06. The fourth-order valence-electron chi connectivity index (χ4n) is 1.48. The zero-order valence-corrected chi connectivity index (χ0v) is 10.4. The standard InChI is InChI=1S/C11H14N6O2/c1-19-11-8(3-2-5-13-11)14-10(18)9-7-17(6-4-12)16-15-9/h2-3,5,7H,4,6,12H2,1H3,(H,14,18). The first-order chi connectivity index (χ1) is 9.24. The number of carbonyl (C=O) groups is 1. The molecule has 100 valence electrons. The number of carbonyl (C=O) groups excluding carboxylic acids is 1. The Bertz CT molecular complexity index is 568. The van der Waals surface area contributed by atoms with Gasteiger partial charge in [-0.3, -0.25) is 9.48 Å². The molecule has 0 atom stereocenters. The van der Waals surface area contributed by atoms with Crippen LogP contribution in [0.3, 0.4) is 0 Å². The third-order valence-corrected chi connectivity index (χ3v) is 2.34. The van der Waals surface area contributed by atoms with Crippen molar-refractivity contribution < 1.29 is 9.53 Å². The van der Waals surface area contributed by atoms with Crippen molar-refractivity contribution in [3.63, 3.8) is 0 Å². The molecule has 19 heavy (non-hydrogen) atoms. The van der Waals surface area contributed by atoms with Gasteiger partial charge in [0.15, 0.2) is 5.69 Å². The zero-order chi connectivity index (χ0) is 13.7. The van der Waals surface area contributed by atoms with Gasteiger partial charge in [-0.15, -0.1) is 5.10 Å². The maximum absolute atomic E-state index is 12.0. The van der Waals surface area contributed by atoms with Crippen LogP contribution in [-0.4, -0.2) is 39.5 Å². The van der Waals surface area contributed by atoms with Gasteiger partial charge in [-0.1, -0.05) is 5.21 Å². The van der Waals surface area contributed by atoms with Gasteiger partial charge >= 0.3 is 0 Å². The molecular formula is C11H14N6O2. The summed E-state index contributed by atoms with van der Waals surface area (Å²) in [5.41, 5.74) is 6.08. The van der Waals surface area contributed by atoms with Crippen molar-refractivity contribution in [3.05, 3.63) is 30.2 Å². The number of nitrogens with zero attached hydrogens (tertiary/aromatic N) is 4. The number of anilines is 1. The molecule has 0 aromatic carbocycles. The lowest BCUT2D eigenvalue weighted by atomic mass is 10.3. The van der Waals surface area contributed by atoms with Crippen molar-refractivity contribution in [2.24, 2.45) is 5.73 Å². The molecule has 0 spiro atoms. The Morgan fingerprint density at radius 1 is 1.58 bits per heavy atom. The van der Waals surface area contributed by atoms with Gasteiger partial charge in [0.25, 0.3) is 5.91 Å². The van der Waals surface area contributed by atoms with Gasteiger partial charge in [0.05, 0.1) is 19.9 Å². The van der Waals surface area contributed by atoms with Gasteiger partial charge in [-0.25, -0.2) is 4.98 Å². The van der Waals surface area contributed by atoms with E-state index in [-0.39, 0.29) is 11.6 Å². The molecule has 0 aliphatic carbocycles. The largest absolute Gasteiger partial charge is 0.480 e. The van der Waals surface area contributed by atoms with Crippen molar-refractivity contribution >= 4 is 11.6 Å². The van der Waals surface area contributed by atoms with E-state index in [2.05, 4.69) is 20.6 Å². The molecule has 8 heteroatoms. The summed E-state index contributed by atoms with van der Waals surface area (Å²) in [6, 6.07) is 3.39. The predicted molar refractivity (Wildman–Crippen MR) is 67.8 cm³/mol. The molecule has 2 aromatic heterocycles. The SMILES string of the molecule is COc1ncccc1NC(=O)c1cn(CCN)nn1. The van der Waals surface area contributed by atoms with E-state index < -0.39 is 0 Å². The van der Waals surface area contributed by atoms with Crippen LogP contribution >= 0.6 is 0 Å². The number of nitrogens with one attached hydrogen (secondary N) is 1. The Morgan fingerprint density at radius 3 is 3.16 bits per heavy atom. The Balaban J connectivity index is 2.11. The molecule has 0 aliphatic rings. The summed E-state index contributed by atoms with van der Waals surface area (Å²) in [5.74, 6) is -0.0419. The second-order valence-corrected chi connectivity index (χ2v) is 3.67. The minimum atomic E-state index is -0.380. The third-order valence-electron chi connectivity index (χ3n) is 2.34. The quantitative estimate of drug-likeness (QED) is 0.778. The van der Waals surface area contributed by atoms with E-state index >= 15 is 0 Å². The first-order valence-electron chi connectivity index (χ1n) is 5.65. The highest BCUT2D eigenvalue weighted by molar-refractivity contribution is 6.03. The normalized spacial score (nSPS) is 10.2. The number of aromatic nitrogens is 4. The fourth-order valence-corrected chi connectivity index (χ4v) is 1.48. The smallest absolute Gasteiger partial charge is 0.277 e. The van der Waals surface area contributed by atoms with Crippen molar-refractivity contribution in [2.75, 3.05) is 19.0 Å². The Kier molecular flexibility index (Phi) is 4.04. The third kappa shape index (κ3) is 3.05. The van der Waals surface area contributed by atoms with Crippen LogP contribution in [-0.2, 0) is 6.54 Å². The molecule has 1 amide bonds. The molecule has 0 bridgehead atoms. The molecule has 0 saturated carbocycles. The van der Waals surface area contributed by atoms with E-state index in [4.69, 9.17) is 10.5 Å². The molecule has 8 nitrogen and oxygen atoms in total. The molecule has 2 heterocycles. The number of methoxy groups -OCH3 is 1. The Hall–Kier alpha value is -2.48. The Labute approximate surface area is 109 Å². The number of hydrogen-bond donors (Lipinski definition) is 2. The average molecular weight is 262 g/mol. The molecule has 0 saturated heterocycles. The van der Waals surface area contributed by atoms with Crippen LogP contribution < -0.4 is 15.8 Å². The van der Waals surface area contributed by atoms with E-state index in [0.717, 1.165) is 0 Å². The Morgan fingerprint density at radius 2 is 2.42 bits per heavy atom. The molecule has 0 radical (unpaired) electrons. The van der Waals surface area contributed by atoms with E-state index in [1.54, 1.807) is 18.3 Å². The minimum absolute atomic E-state index is 0.208. The number of rotatable bonds is 5. The first-order valence-corrected chi connectivity index (χ1v) is 5.65. The summed E-state index contributed by atoms with van der Waals surface area (Å²) >= 11 is 0. The highest BCUT2D eigenvalue weighted by Gasteiger charge is 2.13. The number of amides is 1. The monoisotopic (exact) mass is 262 g/mol. The van der Waals surface area contributed by atoms with Gasteiger partial charge < -0.3 is 15.8 Å². The van der Waals surface area contributed by atoms with Gasteiger partial charge in [-0.2, -0.15) is 0 Å². The summed E-state index contributed by atoms with van der Waals surface area (Å²) in [6.45, 7) is 0.942. The fraction of sp³-hybridized carbons (Fsp3) is 0.273. The van der Waals surface area contributed by atoms with Gasteiger partial charge in [-0.05, 0) is 12.1 Å². The minimum Gasteiger partial charge on any atom is -0.480 e. The molecule has 0 fully saturated rings. The summed E-state index contributed by atoms with van der Waals surface area (Å²) in [7, 11) is 1.48. The van der Waals surface area contributed by atoms with Crippen LogP contribution in [0.15, 0.2) is 24.5 Å². The number of nitrogens with two attached hydrogens (primary N) is 1. The highest BCUT2D eigenvalue weighted by Crippen LogP contribution is 2.20. The second kappa shape index (κ2) is 5.91. The van der Waals surface area contributed by atoms with Crippen molar-refractivity contribution in [3.8, 4) is 5.88 Å². The van der Waals surface area contributed by atoms with Crippen LogP contribution in [0, 0.1) is 0 Å². The number of pyridine rings is 1. The summed E-state index contributed by atoms with van der Waals surface area (Å²) in [5, 5.41) is 10.2. The van der Waals surface area contributed by atoms with Crippen molar-refractivity contribution in [1.82, 2.24) is 20.0 Å². The van der Waals surface area contributed by atoms with Crippen molar-refractivity contribution in [1.29, 1.82) is 0 Å². The molecule has 0 unspecified atom stereocenters. The maximum Gasteiger partial charge on any atom is 0.277 e. The molecule has 3 N–H and O–H groups in total. The summed E-state index contributed by atoms with van der Waals surface area (Å²) in [4.78, 5) is 15.9. The van der Waals surface area contributed by atoms with E-state index in [0.29, 0.717) is 24.7 Å². The summed E-state index contributed by atoms with van der Waals surface area (Å²) in [6.07, 6.45) is 3.11. The average Bonchev–Trinajstić information content (AvgIpc) is 2.88. The van der Waals surface area contributed by atoms with Gasteiger partial charge in [0.1, 0.15) is 5.69 Å². The zero-order valence-electron chi connectivity index (χ0n) is 10.4. The van der Waals surface area contributed by atoms with Crippen LogP contribution in [0.25, 0.3) is 0 Å². The van der Waals surface area contributed by atoms with Gasteiger partial charge in [0.2, 0.25) is 5.88 Å². The molecule has 2 aromatic rings. The molecular weight excluding hydrogens is 248 g/mol. The number of ether oxygens (including phenoxy) is 1. The maximum atomic E-state index is 12.0. The molecule has 0 aliphatic heterocycles. The van der Waals surface area contributed by atoms with E-state index in [1.807, 2.05) is 0 Å². The topological polar surface area (TPSA) is 108 Å². The highest BCUT2D eigenvalue weighted by atomic mass is 16.5. The molecule has 2 rings (SSSR count). The van der Waals surface area contributed by atoms with Crippen molar-refractivity contribution in [2.45, 2.75) is 6.54 Å². The lowest BCUT2D eigenvalue weighted by Crippen LogP contribution is -2.13. The predicted octanol–water partition coefficient (Wildman–Crippen LogP) is -0.107. The van der Waals surface area contributed by atoms with E-state index in [9.17, 15) is 4.79 Å². The van der Waals surface area contributed by atoms with Crippen LogP contribution in [0.4, 0.5) is 5.69 Å². The summed E-state index contributed by atoms with van der Waals surface area (Å²) < 4.78 is 6.55. The van der Waals surface area contributed by atoms with Crippen LogP contribution in [0.5, 0.6) is 5.88 Å². The second-order valence-electron chi connectivity index (χ2n) is 3.67. The van der Waals surface area contributed by atoms with Crippen LogP contribution in [0.2, 0.25) is 0 Å². The van der Waals surface area contributed by atoms with E-state index in [1.165, 1.54) is 18.0 Å². The first kappa shape index (κ1) is 13.0. The van der Waals surface area contributed by atoms with Crippen LogP contribution in [0.1, 0.15) is 10.5 Å². The lowest BCUT2D eigenvalue weighted by molar-refractivity contribution is 0.102. The van der Waals surface area contributed by atoms with Gasteiger partial charge in [0, 0.05) is 12.7 Å². The number of hydrogen-bond acceptors (Lipinski definition) is 6.